The van der Waals surface area contributed by atoms with E-state index < -0.39 is 56.2 Å². The molecule has 2 aliphatic rings. The van der Waals surface area contributed by atoms with Crippen LogP contribution >= 0.6 is 12.4 Å². The first kappa shape index (κ1) is 22.5. The van der Waals surface area contributed by atoms with Gasteiger partial charge in [0.05, 0.1) is 17.3 Å². The van der Waals surface area contributed by atoms with Crippen molar-refractivity contribution < 1.29 is 37.0 Å². The van der Waals surface area contributed by atoms with E-state index in [1.165, 1.54) is 20.8 Å². The number of carbonyl (C=O) groups excluding carboxylic acids is 3. The maximum absolute atomic E-state index is 12.7. The first-order valence-corrected chi connectivity index (χ1v) is 9.34. The van der Waals surface area contributed by atoms with Crippen LogP contribution in [0.2, 0.25) is 0 Å². The average Bonchev–Trinajstić information content (AvgIpc) is 2.62. The number of ether oxygens (including phenoxy) is 3. The van der Waals surface area contributed by atoms with Gasteiger partial charge < -0.3 is 24.8 Å². The number of sulfone groups is 1. The molecule has 1 amide bonds. The zero-order valence-electron chi connectivity index (χ0n) is 14.8. The molecule has 0 unspecified atom stereocenters. The Morgan fingerprint density at radius 1 is 1.31 bits per heavy atom. The maximum atomic E-state index is 12.7. The highest BCUT2D eigenvalue weighted by atomic mass is 35.5. The van der Waals surface area contributed by atoms with Gasteiger partial charge in [0.1, 0.15) is 11.4 Å². The van der Waals surface area contributed by atoms with Crippen molar-refractivity contribution >= 4 is 40.3 Å². The fourth-order valence-electron chi connectivity index (χ4n) is 3.15. The summed E-state index contributed by atoms with van der Waals surface area (Å²) in [5, 5.41) is -1.14. The van der Waals surface area contributed by atoms with Gasteiger partial charge in [-0.3, -0.25) is 4.79 Å². The number of esters is 1. The van der Waals surface area contributed by atoms with Gasteiger partial charge in [-0.15, -0.1) is 12.4 Å². The third-order valence-electron chi connectivity index (χ3n) is 4.46. The minimum atomic E-state index is -3.83. The Bertz CT molecular complexity index is 695. The molecular weight excluding hydrogens is 392 g/mol. The van der Waals surface area contributed by atoms with Crippen molar-refractivity contribution in [3.63, 3.8) is 0 Å². The molecule has 2 N–H and O–H groups in total. The zero-order chi connectivity index (χ0) is 19.2. The number of rotatable bonds is 5. The molecule has 2 fully saturated rings. The Morgan fingerprint density at radius 3 is 2.38 bits per heavy atom. The molecule has 0 radical (unpaired) electrons. The first-order chi connectivity index (χ1) is 11.5. The number of β-lactam (4-membered cyclic amide) rings is 1. The van der Waals surface area contributed by atoms with Crippen molar-refractivity contribution in [3.05, 3.63) is 0 Å². The second-order valence-corrected chi connectivity index (χ2v) is 8.96. The number of fused-ring (bicyclic) bond motifs is 1. The molecule has 2 aliphatic heterocycles. The fourth-order valence-corrected chi connectivity index (χ4v) is 5.47. The molecule has 0 spiro atoms. The predicted molar refractivity (Wildman–Crippen MR) is 90.9 cm³/mol. The van der Waals surface area contributed by atoms with Gasteiger partial charge in [-0.2, -0.15) is 0 Å². The topological polar surface area (TPSA) is 142 Å². The van der Waals surface area contributed by atoms with Crippen molar-refractivity contribution in [3.8, 4) is 0 Å². The van der Waals surface area contributed by atoms with Crippen molar-refractivity contribution in [2.45, 2.75) is 50.1 Å². The van der Waals surface area contributed by atoms with Crippen LogP contribution in [-0.4, -0.2) is 67.0 Å². The summed E-state index contributed by atoms with van der Waals surface area (Å²) in [7, 11) is -3.83. The summed E-state index contributed by atoms with van der Waals surface area (Å²) in [5.41, 5.74) is 5.48. The van der Waals surface area contributed by atoms with Crippen LogP contribution in [0.1, 0.15) is 27.7 Å². The summed E-state index contributed by atoms with van der Waals surface area (Å²) < 4.78 is 38.1. The summed E-state index contributed by atoms with van der Waals surface area (Å²) in [6.45, 7) is 5.52. The predicted octanol–water partition coefficient (Wildman–Crippen LogP) is -0.211. The molecule has 0 aromatic rings. The second kappa shape index (κ2) is 7.57. The number of nitrogens with zero attached hydrogens (tertiary/aromatic N) is 1. The molecule has 10 nitrogen and oxygen atoms in total. The van der Waals surface area contributed by atoms with Crippen molar-refractivity contribution in [2.24, 2.45) is 11.7 Å². The van der Waals surface area contributed by atoms with E-state index in [0.717, 1.165) is 4.90 Å². The van der Waals surface area contributed by atoms with Crippen molar-refractivity contribution in [1.29, 1.82) is 0 Å². The molecular formula is C14H23ClN2O8S. The zero-order valence-corrected chi connectivity index (χ0v) is 16.5. The van der Waals surface area contributed by atoms with E-state index in [4.69, 9.17) is 15.2 Å². The highest BCUT2D eigenvalue weighted by molar-refractivity contribution is 7.93. The van der Waals surface area contributed by atoms with Crippen LogP contribution in [0.4, 0.5) is 4.79 Å². The molecule has 2 heterocycles. The van der Waals surface area contributed by atoms with Crippen LogP contribution in [-0.2, 0) is 33.6 Å². The molecule has 0 aromatic heterocycles. The van der Waals surface area contributed by atoms with Gasteiger partial charge in [-0.25, -0.2) is 18.0 Å². The number of hydrogen-bond acceptors (Lipinski definition) is 9. The molecule has 0 aliphatic carbocycles. The average molecular weight is 415 g/mol. The van der Waals surface area contributed by atoms with Gasteiger partial charge >= 0.3 is 12.1 Å². The van der Waals surface area contributed by atoms with E-state index in [0.29, 0.717) is 0 Å². The van der Waals surface area contributed by atoms with Gasteiger partial charge in [-0.05, 0) is 20.8 Å². The molecule has 26 heavy (non-hydrogen) atoms. The SMILES string of the molecule is CCOC(=O)O[C@@H](C)OC(=O)[C@@H]1N2C(=O)[C@H](CN)[C@H]2S(=O)(=O)C1(C)C.Cl. The molecule has 4 atom stereocenters. The van der Waals surface area contributed by atoms with E-state index in [1.54, 1.807) is 6.92 Å². The van der Waals surface area contributed by atoms with Gasteiger partial charge in [0, 0.05) is 13.5 Å². The second-order valence-electron chi connectivity index (χ2n) is 6.33. The number of halogens is 1. The molecule has 12 heteroatoms. The Balaban J connectivity index is 0.00000338. The van der Waals surface area contributed by atoms with Crippen LogP contribution in [0.25, 0.3) is 0 Å². The molecule has 2 saturated heterocycles. The third-order valence-corrected chi connectivity index (χ3v) is 7.34. The first-order valence-electron chi connectivity index (χ1n) is 7.80. The normalized spacial score (nSPS) is 28.9. The van der Waals surface area contributed by atoms with Crippen LogP contribution in [0.15, 0.2) is 0 Å². The van der Waals surface area contributed by atoms with E-state index in [9.17, 15) is 22.8 Å². The van der Waals surface area contributed by atoms with Gasteiger partial charge in [-0.1, -0.05) is 0 Å². The van der Waals surface area contributed by atoms with Gasteiger partial charge in [0.15, 0.2) is 9.84 Å². The summed E-state index contributed by atoms with van der Waals surface area (Å²) in [4.78, 5) is 36.9. The fraction of sp³-hybridized carbons (Fsp3) is 0.786. The van der Waals surface area contributed by atoms with Crippen molar-refractivity contribution in [2.75, 3.05) is 13.2 Å². The smallest absolute Gasteiger partial charge is 0.435 e. The third kappa shape index (κ3) is 3.23. The minimum absolute atomic E-state index is 0. The monoisotopic (exact) mass is 414 g/mol. The summed E-state index contributed by atoms with van der Waals surface area (Å²) in [5.74, 6) is -2.35. The molecule has 0 aromatic carbocycles. The molecule has 0 saturated carbocycles. The molecule has 150 valence electrons. The van der Waals surface area contributed by atoms with E-state index in [2.05, 4.69) is 4.74 Å². The summed E-state index contributed by atoms with van der Waals surface area (Å²) in [6, 6.07) is -1.34. The van der Waals surface area contributed by atoms with Crippen molar-refractivity contribution in [1.82, 2.24) is 4.90 Å². The quantitative estimate of drug-likeness (QED) is 0.367. The Hall–Kier alpha value is -1.59. The lowest BCUT2D eigenvalue weighted by molar-refractivity contribution is -0.181. The molecule has 2 rings (SSSR count). The Kier molecular flexibility index (Phi) is 6.54. The Morgan fingerprint density at radius 2 is 1.88 bits per heavy atom. The summed E-state index contributed by atoms with van der Waals surface area (Å²) >= 11 is 0. The highest BCUT2D eigenvalue weighted by Crippen LogP contribution is 2.48. The lowest BCUT2D eigenvalue weighted by atomic mass is 9.92. The highest BCUT2D eigenvalue weighted by Gasteiger charge is 2.72. The van der Waals surface area contributed by atoms with E-state index >= 15 is 0 Å². The van der Waals surface area contributed by atoms with Crippen LogP contribution in [0.5, 0.6) is 0 Å². The Labute approximate surface area is 157 Å². The standard InChI is InChI=1S/C14H22N2O8S.ClH/c1-5-22-13(19)24-7(2)23-12(18)9-14(3,4)25(20,21)11-8(6-15)10(17)16(9)11;/h7-9,11H,5-6,15H2,1-4H3;1H/t7-,8-,9-,11+;/m0./s1. The lowest BCUT2D eigenvalue weighted by Gasteiger charge is -2.42. The minimum Gasteiger partial charge on any atom is -0.435 e. The van der Waals surface area contributed by atoms with E-state index in [1.807, 2.05) is 0 Å². The van der Waals surface area contributed by atoms with Gasteiger partial charge in [0.2, 0.25) is 12.2 Å². The number of hydrogen-bond donors (Lipinski definition) is 1. The summed E-state index contributed by atoms with van der Waals surface area (Å²) in [6.07, 6.45) is -2.33. The van der Waals surface area contributed by atoms with Gasteiger partial charge in [0.25, 0.3) is 0 Å². The number of nitrogens with two attached hydrogens (primary N) is 1. The van der Waals surface area contributed by atoms with Crippen LogP contribution in [0.3, 0.4) is 0 Å². The lowest BCUT2D eigenvalue weighted by Crippen LogP contribution is -2.65. The van der Waals surface area contributed by atoms with E-state index in [-0.39, 0.29) is 25.6 Å². The van der Waals surface area contributed by atoms with Crippen LogP contribution < -0.4 is 5.73 Å². The maximum Gasteiger partial charge on any atom is 0.511 e. The number of carbonyl (C=O) groups is 3. The molecule has 0 bridgehead atoms. The number of amides is 1. The van der Waals surface area contributed by atoms with Crippen LogP contribution in [0, 0.1) is 5.92 Å². The largest absolute Gasteiger partial charge is 0.511 e.